The molecule has 4 N–H and O–H groups in total. The van der Waals surface area contributed by atoms with Gasteiger partial charge in [-0.2, -0.15) is 0 Å². The monoisotopic (exact) mass is 222 g/mol. The zero-order chi connectivity index (χ0) is 12.0. The molecule has 4 nitrogen and oxygen atoms in total. The van der Waals surface area contributed by atoms with E-state index in [4.69, 9.17) is 10.8 Å². The molecule has 88 valence electrons. The summed E-state index contributed by atoms with van der Waals surface area (Å²) in [5.41, 5.74) is 7.44. The van der Waals surface area contributed by atoms with Crippen LogP contribution in [0.2, 0.25) is 0 Å². The number of carbonyl (C=O) groups excluding carboxylic acids is 1. The van der Waals surface area contributed by atoms with Crippen molar-refractivity contribution in [2.75, 3.05) is 0 Å². The van der Waals surface area contributed by atoms with Gasteiger partial charge in [0.2, 0.25) is 5.91 Å². The molecular formula is C12H18N2O2. The number of nitrogens with one attached hydrogen (secondary N) is 1. The lowest BCUT2D eigenvalue weighted by atomic mass is 10.1. The molecule has 16 heavy (non-hydrogen) atoms. The second-order valence-corrected chi connectivity index (χ2v) is 3.71. The number of aliphatic hydroxyl groups is 1. The molecule has 0 aromatic heterocycles. The van der Waals surface area contributed by atoms with Crippen LogP contribution in [-0.4, -0.2) is 17.1 Å². The fourth-order valence-corrected chi connectivity index (χ4v) is 1.27. The molecule has 1 aromatic rings. The average molecular weight is 222 g/mol. The molecule has 4 heteroatoms. The lowest BCUT2D eigenvalue weighted by Crippen LogP contribution is -2.39. The minimum absolute atomic E-state index is 0.0351. The van der Waals surface area contributed by atoms with Crippen LogP contribution in [0.15, 0.2) is 24.3 Å². The predicted molar refractivity (Wildman–Crippen MR) is 62.5 cm³/mol. The summed E-state index contributed by atoms with van der Waals surface area (Å²) < 4.78 is 0. The van der Waals surface area contributed by atoms with Crippen LogP contribution in [0.3, 0.4) is 0 Å². The summed E-state index contributed by atoms with van der Waals surface area (Å²) >= 11 is 0. The maximum absolute atomic E-state index is 11.4. The summed E-state index contributed by atoms with van der Waals surface area (Å²) in [7, 11) is 0. The van der Waals surface area contributed by atoms with E-state index in [1.165, 1.54) is 0 Å². The first-order chi connectivity index (χ1) is 7.67. The minimum atomic E-state index is -0.434. The van der Waals surface area contributed by atoms with Crippen molar-refractivity contribution in [3.05, 3.63) is 35.4 Å². The molecule has 0 heterocycles. The number of hydrogen-bond donors (Lipinski definition) is 3. The van der Waals surface area contributed by atoms with Crippen LogP contribution < -0.4 is 11.1 Å². The van der Waals surface area contributed by atoms with E-state index in [0.717, 1.165) is 11.1 Å². The topological polar surface area (TPSA) is 75.4 Å². The summed E-state index contributed by atoms with van der Waals surface area (Å²) in [6.45, 7) is 2.38. The van der Waals surface area contributed by atoms with Crippen LogP contribution >= 0.6 is 0 Å². The van der Waals surface area contributed by atoms with E-state index in [-0.39, 0.29) is 12.5 Å². The molecule has 0 aliphatic rings. The zero-order valence-corrected chi connectivity index (χ0v) is 9.44. The molecule has 0 bridgehead atoms. The number of benzene rings is 1. The van der Waals surface area contributed by atoms with E-state index >= 15 is 0 Å². The predicted octanol–water partition coefficient (Wildman–Crippen LogP) is 0.532. The number of hydrogen-bond acceptors (Lipinski definition) is 3. The first-order valence-electron chi connectivity index (χ1n) is 5.39. The van der Waals surface area contributed by atoms with Gasteiger partial charge in [-0.1, -0.05) is 31.2 Å². The van der Waals surface area contributed by atoms with Crippen LogP contribution in [-0.2, 0) is 17.9 Å². The van der Waals surface area contributed by atoms with Crippen molar-refractivity contribution in [3.8, 4) is 0 Å². The summed E-state index contributed by atoms with van der Waals surface area (Å²) in [6, 6.07) is 6.99. The van der Waals surface area contributed by atoms with Crippen molar-refractivity contribution < 1.29 is 9.90 Å². The molecule has 0 aliphatic carbocycles. The second-order valence-electron chi connectivity index (χ2n) is 3.71. The van der Waals surface area contributed by atoms with Crippen molar-refractivity contribution in [2.45, 2.75) is 32.5 Å². The Bertz CT molecular complexity index is 335. The van der Waals surface area contributed by atoms with Crippen molar-refractivity contribution in [2.24, 2.45) is 5.73 Å². The van der Waals surface area contributed by atoms with E-state index in [9.17, 15) is 4.79 Å². The average Bonchev–Trinajstić information content (AvgIpc) is 2.35. The number of nitrogens with two attached hydrogens (primary N) is 1. The van der Waals surface area contributed by atoms with Gasteiger partial charge in [-0.25, -0.2) is 0 Å². The highest BCUT2D eigenvalue weighted by Gasteiger charge is 2.09. The molecule has 0 fully saturated rings. The van der Waals surface area contributed by atoms with Crippen LogP contribution in [0.25, 0.3) is 0 Å². The maximum atomic E-state index is 11.4. The van der Waals surface area contributed by atoms with E-state index in [1.54, 1.807) is 0 Å². The van der Waals surface area contributed by atoms with Gasteiger partial charge >= 0.3 is 0 Å². The molecule has 0 saturated carbocycles. The molecule has 0 saturated heterocycles. The Morgan fingerprint density at radius 1 is 1.38 bits per heavy atom. The van der Waals surface area contributed by atoms with E-state index in [2.05, 4.69) is 5.32 Å². The van der Waals surface area contributed by atoms with Gasteiger partial charge in [0.25, 0.3) is 0 Å². The first kappa shape index (κ1) is 12.7. The lowest BCUT2D eigenvalue weighted by molar-refractivity contribution is -0.122. The number of rotatable bonds is 5. The van der Waals surface area contributed by atoms with Gasteiger partial charge in [0.1, 0.15) is 0 Å². The Kier molecular flexibility index (Phi) is 4.95. The molecule has 0 spiro atoms. The maximum Gasteiger partial charge on any atom is 0.237 e. The highest BCUT2D eigenvalue weighted by atomic mass is 16.3. The van der Waals surface area contributed by atoms with Crippen LogP contribution in [0, 0.1) is 0 Å². The molecule has 0 radical (unpaired) electrons. The third kappa shape index (κ3) is 3.64. The number of aliphatic hydroxyl groups excluding tert-OH is 1. The Morgan fingerprint density at radius 3 is 2.44 bits per heavy atom. The Balaban J connectivity index is 2.45. The van der Waals surface area contributed by atoms with Gasteiger partial charge in [-0.15, -0.1) is 0 Å². The van der Waals surface area contributed by atoms with Crippen molar-refractivity contribution in [1.82, 2.24) is 5.32 Å². The molecule has 1 aromatic carbocycles. The normalized spacial score (nSPS) is 12.2. The Hall–Kier alpha value is -1.39. The summed E-state index contributed by atoms with van der Waals surface area (Å²) in [5, 5.41) is 11.6. The largest absolute Gasteiger partial charge is 0.392 e. The van der Waals surface area contributed by atoms with Gasteiger partial charge in [0.15, 0.2) is 0 Å². The van der Waals surface area contributed by atoms with Gasteiger partial charge in [-0.3, -0.25) is 4.79 Å². The summed E-state index contributed by atoms with van der Waals surface area (Å²) in [6.07, 6.45) is 0.634. The zero-order valence-electron chi connectivity index (χ0n) is 9.44. The van der Waals surface area contributed by atoms with Crippen LogP contribution in [0.5, 0.6) is 0 Å². The summed E-state index contributed by atoms with van der Waals surface area (Å²) in [5.74, 6) is -0.131. The second kappa shape index (κ2) is 6.25. The lowest BCUT2D eigenvalue weighted by Gasteiger charge is -2.10. The Labute approximate surface area is 95.5 Å². The standard InChI is InChI=1S/C12H18N2O2/c1-2-11(13)12(16)14-7-9-3-5-10(8-15)6-4-9/h3-6,11,15H,2,7-8,13H2,1H3,(H,14,16)/t11-/m1/s1. The highest BCUT2D eigenvalue weighted by Crippen LogP contribution is 2.04. The third-order valence-corrected chi connectivity index (χ3v) is 2.45. The molecule has 1 amide bonds. The molecule has 1 atom stereocenters. The van der Waals surface area contributed by atoms with Gasteiger partial charge in [-0.05, 0) is 17.5 Å². The van der Waals surface area contributed by atoms with Crippen molar-refractivity contribution in [1.29, 1.82) is 0 Å². The SMILES string of the molecule is CC[C@@H](N)C(=O)NCc1ccc(CO)cc1. The fourth-order valence-electron chi connectivity index (χ4n) is 1.27. The van der Waals surface area contributed by atoms with Crippen molar-refractivity contribution >= 4 is 5.91 Å². The minimum Gasteiger partial charge on any atom is -0.392 e. The van der Waals surface area contributed by atoms with Crippen LogP contribution in [0.4, 0.5) is 0 Å². The van der Waals surface area contributed by atoms with Gasteiger partial charge in [0, 0.05) is 6.54 Å². The quantitative estimate of drug-likeness (QED) is 0.680. The van der Waals surface area contributed by atoms with E-state index in [0.29, 0.717) is 13.0 Å². The van der Waals surface area contributed by atoms with Gasteiger partial charge in [0.05, 0.1) is 12.6 Å². The van der Waals surface area contributed by atoms with E-state index < -0.39 is 6.04 Å². The fraction of sp³-hybridized carbons (Fsp3) is 0.417. The number of carbonyl (C=O) groups is 1. The first-order valence-corrected chi connectivity index (χ1v) is 5.39. The molecule has 0 aliphatic heterocycles. The highest BCUT2D eigenvalue weighted by molar-refractivity contribution is 5.81. The molecule has 1 rings (SSSR count). The smallest absolute Gasteiger partial charge is 0.237 e. The molecular weight excluding hydrogens is 204 g/mol. The molecule has 0 unspecified atom stereocenters. The van der Waals surface area contributed by atoms with Crippen molar-refractivity contribution in [3.63, 3.8) is 0 Å². The number of amides is 1. The third-order valence-electron chi connectivity index (χ3n) is 2.45. The van der Waals surface area contributed by atoms with Gasteiger partial charge < -0.3 is 16.2 Å². The van der Waals surface area contributed by atoms with E-state index in [1.807, 2.05) is 31.2 Å². The Morgan fingerprint density at radius 2 is 1.94 bits per heavy atom. The van der Waals surface area contributed by atoms with Crippen LogP contribution in [0.1, 0.15) is 24.5 Å². The summed E-state index contributed by atoms with van der Waals surface area (Å²) in [4.78, 5) is 11.4.